The molecule has 1 aromatic carbocycles. The highest BCUT2D eigenvalue weighted by Gasteiger charge is 2.17. The van der Waals surface area contributed by atoms with Crippen molar-refractivity contribution >= 4 is 11.7 Å². The van der Waals surface area contributed by atoms with E-state index in [0.717, 1.165) is 18.4 Å². The molecule has 0 atom stereocenters. The quantitative estimate of drug-likeness (QED) is 0.698. The minimum Gasteiger partial charge on any atom is -0.315 e. The third-order valence-electron chi connectivity index (χ3n) is 4.29. The molecule has 0 bridgehead atoms. The van der Waals surface area contributed by atoms with Crippen molar-refractivity contribution in [3.05, 3.63) is 75.8 Å². The predicted molar refractivity (Wildman–Crippen MR) is 104 cm³/mol. The van der Waals surface area contributed by atoms with Gasteiger partial charge < -0.3 is 9.88 Å². The molecule has 3 rings (SSSR count). The minimum atomic E-state index is -0.463. The molecule has 3 aromatic rings. The number of nitrogens with zero attached hydrogens (tertiary/aromatic N) is 4. The van der Waals surface area contributed by atoms with Gasteiger partial charge in [0.05, 0.1) is 12.7 Å². The van der Waals surface area contributed by atoms with E-state index in [1.807, 2.05) is 37.3 Å². The molecule has 0 radical (unpaired) electrons. The van der Waals surface area contributed by atoms with Crippen LogP contribution >= 0.6 is 0 Å². The van der Waals surface area contributed by atoms with Gasteiger partial charge in [-0.2, -0.15) is 9.90 Å². The number of aromatic nitrogens is 4. The maximum Gasteiger partial charge on any atom is 0.263 e. The molecule has 0 saturated carbocycles. The van der Waals surface area contributed by atoms with Crippen LogP contribution in [-0.4, -0.2) is 25.5 Å². The highest BCUT2D eigenvalue weighted by Crippen LogP contribution is 2.08. The number of pyridine rings is 1. The molecule has 1 N–H and O–H groups in total. The lowest BCUT2D eigenvalue weighted by Gasteiger charge is -2.10. The molecule has 0 aliphatic heterocycles. The molecule has 0 aliphatic rings. The van der Waals surface area contributed by atoms with Crippen molar-refractivity contribution in [3.8, 4) is 0 Å². The first-order valence-electron chi connectivity index (χ1n) is 9.04. The van der Waals surface area contributed by atoms with Gasteiger partial charge in [0.15, 0.2) is 5.82 Å². The predicted octanol–water partition coefficient (Wildman–Crippen LogP) is 2.65. The fourth-order valence-electron chi connectivity index (χ4n) is 2.85. The highest BCUT2D eigenvalue weighted by atomic mass is 16.2. The molecule has 0 saturated heterocycles. The van der Waals surface area contributed by atoms with E-state index in [2.05, 4.69) is 15.5 Å². The van der Waals surface area contributed by atoms with Crippen molar-refractivity contribution in [2.45, 2.75) is 39.8 Å². The summed E-state index contributed by atoms with van der Waals surface area (Å²) in [4.78, 5) is 27.0. The van der Waals surface area contributed by atoms with Gasteiger partial charge in [0.2, 0.25) is 0 Å². The Morgan fingerprint density at radius 1 is 1.15 bits per heavy atom. The van der Waals surface area contributed by atoms with Crippen molar-refractivity contribution < 1.29 is 4.79 Å². The molecule has 0 aliphatic carbocycles. The zero-order valence-corrected chi connectivity index (χ0v) is 15.6. The normalized spacial score (nSPS) is 10.7. The SMILES string of the molecule is CCCn1ncc(NC(=O)c2c(C)ccn(CCc3ccccc3)c2=O)n1. The molecule has 7 nitrogen and oxygen atoms in total. The maximum absolute atomic E-state index is 12.8. The molecule has 7 heteroatoms. The van der Waals surface area contributed by atoms with E-state index in [1.54, 1.807) is 23.8 Å². The molecule has 27 heavy (non-hydrogen) atoms. The lowest BCUT2D eigenvalue weighted by atomic mass is 10.1. The van der Waals surface area contributed by atoms with Gasteiger partial charge in [-0.3, -0.25) is 9.59 Å². The average molecular weight is 365 g/mol. The molecule has 0 unspecified atom stereocenters. The molecule has 2 aromatic heterocycles. The summed E-state index contributed by atoms with van der Waals surface area (Å²) in [7, 11) is 0. The number of benzene rings is 1. The first-order valence-corrected chi connectivity index (χ1v) is 9.04. The van der Waals surface area contributed by atoms with E-state index >= 15 is 0 Å². The summed E-state index contributed by atoms with van der Waals surface area (Å²) in [5.41, 5.74) is 1.61. The molecular weight excluding hydrogens is 342 g/mol. The molecule has 1 amide bonds. The molecule has 2 heterocycles. The van der Waals surface area contributed by atoms with Gasteiger partial charge in [0, 0.05) is 12.7 Å². The smallest absolute Gasteiger partial charge is 0.263 e. The van der Waals surface area contributed by atoms with Crippen LogP contribution in [-0.2, 0) is 19.5 Å². The van der Waals surface area contributed by atoms with Crippen LogP contribution in [0.25, 0.3) is 0 Å². The Bertz CT molecular complexity index is 976. The van der Waals surface area contributed by atoms with Crippen molar-refractivity contribution in [2.24, 2.45) is 0 Å². The topological polar surface area (TPSA) is 81.8 Å². The van der Waals surface area contributed by atoms with Crippen LogP contribution in [0.2, 0.25) is 0 Å². The fourth-order valence-corrected chi connectivity index (χ4v) is 2.85. The van der Waals surface area contributed by atoms with Crippen LogP contribution in [0.15, 0.2) is 53.6 Å². The third-order valence-corrected chi connectivity index (χ3v) is 4.29. The minimum absolute atomic E-state index is 0.135. The number of rotatable bonds is 7. The number of hydrogen-bond acceptors (Lipinski definition) is 4. The van der Waals surface area contributed by atoms with Crippen LogP contribution in [0.4, 0.5) is 5.82 Å². The lowest BCUT2D eigenvalue weighted by molar-refractivity contribution is 0.102. The van der Waals surface area contributed by atoms with Crippen LogP contribution in [0.1, 0.15) is 34.8 Å². The highest BCUT2D eigenvalue weighted by molar-refractivity contribution is 6.04. The van der Waals surface area contributed by atoms with Gasteiger partial charge >= 0.3 is 0 Å². The summed E-state index contributed by atoms with van der Waals surface area (Å²) in [6.07, 6.45) is 4.83. The summed E-state index contributed by atoms with van der Waals surface area (Å²) < 4.78 is 1.57. The van der Waals surface area contributed by atoms with Gasteiger partial charge in [-0.15, -0.1) is 5.10 Å². The van der Waals surface area contributed by atoms with Crippen molar-refractivity contribution in [3.63, 3.8) is 0 Å². The van der Waals surface area contributed by atoms with Gasteiger partial charge in [-0.1, -0.05) is 37.3 Å². The van der Waals surface area contributed by atoms with E-state index in [4.69, 9.17) is 0 Å². The Morgan fingerprint density at radius 3 is 2.67 bits per heavy atom. The number of carbonyl (C=O) groups is 1. The van der Waals surface area contributed by atoms with Gasteiger partial charge in [0.25, 0.3) is 11.5 Å². The van der Waals surface area contributed by atoms with Crippen LogP contribution in [0.3, 0.4) is 0 Å². The summed E-state index contributed by atoms with van der Waals surface area (Å²) in [5.74, 6) is -0.123. The van der Waals surface area contributed by atoms with Crippen LogP contribution in [0, 0.1) is 6.92 Å². The van der Waals surface area contributed by atoms with Crippen LogP contribution in [0.5, 0.6) is 0 Å². The lowest BCUT2D eigenvalue weighted by Crippen LogP contribution is -2.30. The van der Waals surface area contributed by atoms with Gasteiger partial charge in [-0.25, -0.2) is 0 Å². The van der Waals surface area contributed by atoms with Crippen LogP contribution < -0.4 is 10.9 Å². The zero-order valence-electron chi connectivity index (χ0n) is 15.6. The number of amides is 1. The number of aryl methyl sites for hydroxylation is 4. The van der Waals surface area contributed by atoms with E-state index in [-0.39, 0.29) is 11.1 Å². The molecular formula is C20H23N5O2. The van der Waals surface area contributed by atoms with E-state index in [1.165, 1.54) is 11.0 Å². The fraction of sp³-hybridized carbons (Fsp3) is 0.300. The average Bonchev–Trinajstić information content (AvgIpc) is 3.09. The van der Waals surface area contributed by atoms with Crippen molar-refractivity contribution in [1.29, 1.82) is 0 Å². The molecule has 0 fully saturated rings. The van der Waals surface area contributed by atoms with E-state index in [9.17, 15) is 9.59 Å². The number of hydrogen-bond donors (Lipinski definition) is 1. The first kappa shape index (κ1) is 18.6. The molecule has 0 spiro atoms. The second-order valence-electron chi connectivity index (χ2n) is 6.39. The number of anilines is 1. The Morgan fingerprint density at radius 2 is 1.93 bits per heavy atom. The molecule has 140 valence electrons. The van der Waals surface area contributed by atoms with Gasteiger partial charge in [0.1, 0.15) is 5.56 Å². The Kier molecular flexibility index (Phi) is 5.80. The second-order valence-corrected chi connectivity index (χ2v) is 6.39. The van der Waals surface area contributed by atoms with E-state index in [0.29, 0.717) is 24.5 Å². The Labute approximate surface area is 157 Å². The number of nitrogens with one attached hydrogen (secondary N) is 1. The summed E-state index contributed by atoms with van der Waals surface area (Å²) in [6.45, 7) is 4.96. The third kappa shape index (κ3) is 4.49. The zero-order chi connectivity index (χ0) is 19.2. The van der Waals surface area contributed by atoms with Gasteiger partial charge in [-0.05, 0) is 37.0 Å². The van der Waals surface area contributed by atoms with E-state index < -0.39 is 5.91 Å². The summed E-state index contributed by atoms with van der Waals surface area (Å²) in [6, 6.07) is 11.7. The maximum atomic E-state index is 12.8. The largest absolute Gasteiger partial charge is 0.315 e. The standard InChI is InChI=1S/C20H23N5O2/c1-3-11-25-21-14-17(23-25)22-19(26)18-15(2)9-12-24(20(18)27)13-10-16-7-5-4-6-8-16/h4-9,12,14H,3,10-11,13H2,1-2H3,(H,22,23,26). The Hall–Kier alpha value is -3.22. The van der Waals surface area contributed by atoms with Crippen molar-refractivity contribution in [1.82, 2.24) is 19.6 Å². The Balaban J connectivity index is 1.77. The second kappa shape index (κ2) is 8.44. The summed E-state index contributed by atoms with van der Waals surface area (Å²) >= 11 is 0. The van der Waals surface area contributed by atoms with Crippen molar-refractivity contribution in [2.75, 3.05) is 5.32 Å². The number of carbonyl (C=O) groups excluding carboxylic acids is 1. The summed E-state index contributed by atoms with van der Waals surface area (Å²) in [5, 5.41) is 10.9. The monoisotopic (exact) mass is 365 g/mol. The first-order chi connectivity index (χ1) is 13.1.